The maximum absolute atomic E-state index is 5.55. The van der Waals surface area contributed by atoms with E-state index in [0.717, 1.165) is 72.4 Å². The molecule has 3 heterocycles. The van der Waals surface area contributed by atoms with Crippen LogP contribution in [-0.4, -0.2) is 45.8 Å². The van der Waals surface area contributed by atoms with Crippen molar-refractivity contribution in [2.45, 2.75) is 19.3 Å². The predicted octanol–water partition coefficient (Wildman–Crippen LogP) is 4.21. The largest absolute Gasteiger partial charge is 0.378 e. The van der Waals surface area contributed by atoms with Crippen molar-refractivity contribution in [1.29, 1.82) is 0 Å². The van der Waals surface area contributed by atoms with Crippen molar-refractivity contribution in [2.24, 2.45) is 7.05 Å². The van der Waals surface area contributed by atoms with Crippen LogP contribution in [0.5, 0.6) is 0 Å². The number of fused-ring (bicyclic) bond motifs is 1. The summed E-state index contributed by atoms with van der Waals surface area (Å²) >= 11 is 0. The Morgan fingerprint density at radius 2 is 1.68 bits per heavy atom. The number of aryl methyl sites for hydroxylation is 1. The second-order valence-electron chi connectivity index (χ2n) is 8.15. The van der Waals surface area contributed by atoms with Gasteiger partial charge in [0, 0.05) is 49.6 Å². The maximum atomic E-state index is 5.55. The van der Waals surface area contributed by atoms with Crippen molar-refractivity contribution in [3.8, 4) is 11.3 Å². The van der Waals surface area contributed by atoms with E-state index in [-0.39, 0.29) is 5.92 Å². The van der Waals surface area contributed by atoms with E-state index in [1.165, 1.54) is 0 Å². The zero-order chi connectivity index (χ0) is 21.2. The molecule has 1 atom stereocenters. The van der Waals surface area contributed by atoms with Gasteiger partial charge in [0.25, 0.3) is 0 Å². The third-order valence-electron chi connectivity index (χ3n) is 5.88. The molecule has 2 aromatic heterocycles. The first-order chi connectivity index (χ1) is 15.2. The van der Waals surface area contributed by atoms with Crippen LogP contribution in [0.15, 0.2) is 60.8 Å². The molecular formula is C25H27N5O. The van der Waals surface area contributed by atoms with E-state index in [2.05, 4.69) is 60.0 Å². The van der Waals surface area contributed by atoms with Gasteiger partial charge in [-0.15, -0.1) is 0 Å². The Labute approximate surface area is 182 Å². The molecule has 2 aromatic carbocycles. The fourth-order valence-electron chi connectivity index (χ4n) is 4.12. The first kappa shape index (κ1) is 19.7. The highest BCUT2D eigenvalue weighted by Gasteiger charge is 2.21. The molecule has 1 saturated heterocycles. The minimum Gasteiger partial charge on any atom is -0.378 e. The van der Waals surface area contributed by atoms with Gasteiger partial charge in [0.1, 0.15) is 17.5 Å². The summed E-state index contributed by atoms with van der Waals surface area (Å²) in [5.41, 5.74) is 3.12. The number of para-hydroxylation sites is 1. The molecule has 4 aromatic rings. The second-order valence-corrected chi connectivity index (χ2v) is 8.15. The number of benzene rings is 2. The van der Waals surface area contributed by atoms with E-state index < -0.39 is 0 Å². The highest BCUT2D eigenvalue weighted by molar-refractivity contribution is 5.89. The van der Waals surface area contributed by atoms with E-state index in [1.54, 1.807) is 0 Å². The van der Waals surface area contributed by atoms with Gasteiger partial charge in [-0.2, -0.15) is 0 Å². The molecule has 0 aliphatic carbocycles. The smallest absolute Gasteiger partial charge is 0.140 e. The molecule has 1 aliphatic rings. The van der Waals surface area contributed by atoms with Crippen molar-refractivity contribution in [3.63, 3.8) is 0 Å². The van der Waals surface area contributed by atoms with Crippen LogP contribution in [0, 0.1) is 0 Å². The van der Waals surface area contributed by atoms with Crippen LogP contribution in [0.2, 0.25) is 0 Å². The summed E-state index contributed by atoms with van der Waals surface area (Å²) in [6.07, 6.45) is 2.88. The third kappa shape index (κ3) is 4.03. The maximum Gasteiger partial charge on any atom is 0.140 e. The van der Waals surface area contributed by atoms with Crippen LogP contribution < -0.4 is 4.90 Å². The summed E-state index contributed by atoms with van der Waals surface area (Å²) < 4.78 is 7.66. The number of hydrogen-bond acceptors (Lipinski definition) is 5. The van der Waals surface area contributed by atoms with Crippen LogP contribution in [0.3, 0.4) is 0 Å². The molecule has 1 unspecified atom stereocenters. The van der Waals surface area contributed by atoms with Crippen LogP contribution in [0.1, 0.15) is 24.5 Å². The van der Waals surface area contributed by atoms with Gasteiger partial charge >= 0.3 is 0 Å². The zero-order valence-corrected chi connectivity index (χ0v) is 18.0. The number of nitrogens with zero attached hydrogens (tertiary/aromatic N) is 5. The molecule has 0 saturated carbocycles. The average Bonchev–Trinajstić information content (AvgIpc) is 3.19. The summed E-state index contributed by atoms with van der Waals surface area (Å²) in [5.74, 6) is 3.06. The number of morpholine rings is 1. The minimum atomic E-state index is 0.147. The van der Waals surface area contributed by atoms with Crippen molar-refractivity contribution in [2.75, 3.05) is 31.2 Å². The first-order valence-electron chi connectivity index (χ1n) is 10.9. The summed E-state index contributed by atoms with van der Waals surface area (Å²) in [5, 5.41) is 1.10. The summed E-state index contributed by atoms with van der Waals surface area (Å²) in [7, 11) is 2.06. The Balaban J connectivity index is 1.46. The molecule has 0 radical (unpaired) electrons. The van der Waals surface area contributed by atoms with Gasteiger partial charge in [-0.25, -0.2) is 15.0 Å². The normalized spacial score (nSPS) is 15.4. The fraction of sp³-hybridized carbons (Fsp3) is 0.320. The molecule has 1 aliphatic heterocycles. The van der Waals surface area contributed by atoms with Gasteiger partial charge in [0.2, 0.25) is 0 Å². The molecule has 0 bridgehead atoms. The van der Waals surface area contributed by atoms with E-state index in [4.69, 9.17) is 19.7 Å². The molecular weight excluding hydrogens is 386 g/mol. The average molecular weight is 414 g/mol. The quantitative estimate of drug-likeness (QED) is 0.490. The molecule has 0 N–H and O–H groups in total. The van der Waals surface area contributed by atoms with Crippen LogP contribution >= 0.6 is 0 Å². The Morgan fingerprint density at radius 1 is 0.935 bits per heavy atom. The number of ether oxygens (including phenoxy) is 1. The van der Waals surface area contributed by atoms with Crippen LogP contribution in [0.25, 0.3) is 22.2 Å². The van der Waals surface area contributed by atoms with E-state index in [0.29, 0.717) is 0 Å². The zero-order valence-electron chi connectivity index (χ0n) is 18.0. The monoisotopic (exact) mass is 413 g/mol. The summed E-state index contributed by atoms with van der Waals surface area (Å²) in [6, 6.07) is 18.6. The minimum absolute atomic E-state index is 0.147. The van der Waals surface area contributed by atoms with Crippen molar-refractivity contribution >= 4 is 16.7 Å². The lowest BCUT2D eigenvalue weighted by atomic mass is 10.1. The summed E-state index contributed by atoms with van der Waals surface area (Å²) in [4.78, 5) is 17.2. The number of imidazole rings is 1. The molecule has 0 spiro atoms. The topological polar surface area (TPSA) is 56.1 Å². The molecule has 6 heteroatoms. The standard InChI is InChI=1S/C25H27N5O/c1-18(16-23-26-22(17-29(23)2)19-8-4-3-5-9-19)24-27-21-11-7-6-10-20(21)25(28-24)30-12-14-31-15-13-30/h3-11,17-18H,12-16H2,1-2H3. The number of rotatable bonds is 5. The van der Waals surface area contributed by atoms with Gasteiger partial charge in [-0.3, -0.25) is 0 Å². The number of hydrogen-bond donors (Lipinski definition) is 0. The third-order valence-corrected chi connectivity index (χ3v) is 5.88. The fourth-order valence-corrected chi connectivity index (χ4v) is 4.12. The Hall–Kier alpha value is -3.25. The SMILES string of the molecule is CC(Cc1nc(-c2ccccc2)cn1C)c1nc(N2CCOCC2)c2ccccc2n1. The van der Waals surface area contributed by atoms with E-state index in [9.17, 15) is 0 Å². The highest BCUT2D eigenvalue weighted by Crippen LogP contribution is 2.28. The van der Waals surface area contributed by atoms with Gasteiger partial charge in [-0.05, 0) is 12.1 Å². The molecule has 6 nitrogen and oxygen atoms in total. The lowest BCUT2D eigenvalue weighted by Crippen LogP contribution is -2.37. The Bertz CT molecular complexity index is 1180. The lowest BCUT2D eigenvalue weighted by Gasteiger charge is -2.29. The molecule has 31 heavy (non-hydrogen) atoms. The van der Waals surface area contributed by atoms with Crippen LogP contribution in [0.4, 0.5) is 5.82 Å². The highest BCUT2D eigenvalue weighted by atomic mass is 16.5. The van der Waals surface area contributed by atoms with Gasteiger partial charge in [0.15, 0.2) is 0 Å². The van der Waals surface area contributed by atoms with Crippen molar-refractivity contribution < 1.29 is 4.74 Å². The Kier molecular flexibility index (Phi) is 5.38. The van der Waals surface area contributed by atoms with E-state index in [1.807, 2.05) is 24.3 Å². The van der Waals surface area contributed by atoms with E-state index >= 15 is 0 Å². The predicted molar refractivity (Wildman–Crippen MR) is 123 cm³/mol. The van der Waals surface area contributed by atoms with Crippen molar-refractivity contribution in [3.05, 3.63) is 72.4 Å². The summed E-state index contributed by atoms with van der Waals surface area (Å²) in [6.45, 7) is 5.37. The lowest BCUT2D eigenvalue weighted by molar-refractivity contribution is 0.122. The Morgan fingerprint density at radius 3 is 2.48 bits per heavy atom. The van der Waals surface area contributed by atoms with Crippen molar-refractivity contribution in [1.82, 2.24) is 19.5 Å². The van der Waals surface area contributed by atoms with Gasteiger partial charge < -0.3 is 14.2 Å². The molecule has 5 rings (SSSR count). The second kappa shape index (κ2) is 8.47. The van der Waals surface area contributed by atoms with Crippen LogP contribution in [-0.2, 0) is 18.2 Å². The number of aromatic nitrogens is 4. The molecule has 0 amide bonds. The number of anilines is 1. The van der Waals surface area contributed by atoms with Gasteiger partial charge in [0.05, 0.1) is 24.4 Å². The molecule has 158 valence electrons. The first-order valence-corrected chi connectivity index (χ1v) is 10.9. The van der Waals surface area contributed by atoms with Gasteiger partial charge in [-0.1, -0.05) is 49.4 Å². The molecule has 1 fully saturated rings.